The Bertz CT molecular complexity index is 721. The molecule has 88 valence electrons. The van der Waals surface area contributed by atoms with Gasteiger partial charge in [-0.3, -0.25) is 4.40 Å². The van der Waals surface area contributed by atoms with Crippen molar-refractivity contribution in [2.24, 2.45) is 5.18 Å². The highest BCUT2D eigenvalue weighted by molar-refractivity contribution is 6.30. The molecule has 3 rings (SSSR count). The Balaban J connectivity index is 2.28. The Labute approximate surface area is 107 Å². The topological polar surface area (TPSA) is 59.6 Å². The smallest absolute Gasteiger partial charge is 0.236 e. The van der Waals surface area contributed by atoms with Gasteiger partial charge in [-0.05, 0) is 23.4 Å². The van der Waals surface area contributed by atoms with E-state index in [2.05, 4.69) is 15.1 Å². The van der Waals surface area contributed by atoms with Crippen LogP contribution in [0.25, 0.3) is 17.0 Å². The van der Waals surface area contributed by atoms with Gasteiger partial charge in [0.15, 0.2) is 0 Å². The first kappa shape index (κ1) is 10.9. The van der Waals surface area contributed by atoms with Crippen molar-refractivity contribution in [1.82, 2.24) is 14.4 Å². The zero-order chi connectivity index (χ0) is 12.5. The Morgan fingerprint density at radius 3 is 2.72 bits per heavy atom. The highest BCUT2D eigenvalue weighted by Gasteiger charge is 2.14. The summed E-state index contributed by atoms with van der Waals surface area (Å²) in [6.45, 7) is 0. The maximum atomic E-state index is 11.0. The highest BCUT2D eigenvalue weighted by atomic mass is 35.5. The van der Waals surface area contributed by atoms with Gasteiger partial charge in [0.1, 0.15) is 5.69 Å². The molecule has 0 fully saturated rings. The molecule has 0 unspecified atom stereocenters. The monoisotopic (exact) mass is 258 g/mol. The van der Waals surface area contributed by atoms with Crippen LogP contribution in [-0.2, 0) is 0 Å². The Morgan fingerprint density at radius 1 is 1.22 bits per heavy atom. The summed E-state index contributed by atoms with van der Waals surface area (Å²) in [5.41, 5.74) is 1.28. The van der Waals surface area contributed by atoms with E-state index in [-0.39, 0.29) is 5.82 Å². The van der Waals surface area contributed by atoms with Crippen molar-refractivity contribution in [3.05, 3.63) is 52.7 Å². The molecular weight excluding hydrogens is 252 g/mol. The standard InChI is InChI=1S/C12H7ClN4O/c13-9-4-2-8(3-5-9)10-11(16-18)17-7-1-6-14-12(17)15-10/h1-7H. The fourth-order valence-corrected chi connectivity index (χ4v) is 1.89. The average molecular weight is 259 g/mol. The van der Waals surface area contributed by atoms with Crippen LogP contribution in [0, 0.1) is 4.91 Å². The second-order valence-corrected chi connectivity index (χ2v) is 4.11. The number of fused-ring (bicyclic) bond motifs is 1. The minimum absolute atomic E-state index is 0.237. The second kappa shape index (κ2) is 4.19. The van der Waals surface area contributed by atoms with Crippen LogP contribution in [0.15, 0.2) is 47.9 Å². The lowest BCUT2D eigenvalue weighted by molar-refractivity contribution is 1.10. The van der Waals surface area contributed by atoms with Crippen LogP contribution in [0.3, 0.4) is 0 Å². The van der Waals surface area contributed by atoms with Gasteiger partial charge in [-0.1, -0.05) is 23.7 Å². The third kappa shape index (κ3) is 1.65. The minimum atomic E-state index is 0.237. The molecular formula is C12H7ClN4O. The molecule has 0 atom stereocenters. The third-order valence-electron chi connectivity index (χ3n) is 2.58. The predicted octanol–water partition coefficient (Wildman–Crippen LogP) is 3.45. The molecule has 2 aromatic heterocycles. The van der Waals surface area contributed by atoms with Crippen molar-refractivity contribution in [2.45, 2.75) is 0 Å². The first-order valence-corrected chi connectivity index (χ1v) is 5.60. The molecule has 0 bridgehead atoms. The quantitative estimate of drug-likeness (QED) is 0.662. The van der Waals surface area contributed by atoms with E-state index in [1.807, 2.05) is 0 Å². The van der Waals surface area contributed by atoms with Gasteiger partial charge in [0, 0.05) is 23.0 Å². The molecule has 0 saturated heterocycles. The number of benzene rings is 1. The van der Waals surface area contributed by atoms with Crippen LogP contribution in [0.4, 0.5) is 5.82 Å². The van der Waals surface area contributed by atoms with E-state index in [4.69, 9.17) is 11.6 Å². The van der Waals surface area contributed by atoms with Crippen molar-refractivity contribution in [2.75, 3.05) is 0 Å². The maximum Gasteiger partial charge on any atom is 0.236 e. The third-order valence-corrected chi connectivity index (χ3v) is 2.83. The molecule has 0 saturated carbocycles. The summed E-state index contributed by atoms with van der Waals surface area (Å²) in [5.74, 6) is 0.678. The van der Waals surface area contributed by atoms with Gasteiger partial charge < -0.3 is 0 Å². The van der Waals surface area contributed by atoms with Gasteiger partial charge in [-0.15, -0.1) is 4.91 Å². The Morgan fingerprint density at radius 2 is 2.00 bits per heavy atom. The molecule has 0 aliphatic heterocycles. The van der Waals surface area contributed by atoms with Crippen molar-refractivity contribution < 1.29 is 0 Å². The van der Waals surface area contributed by atoms with Crippen LogP contribution in [0.1, 0.15) is 0 Å². The second-order valence-electron chi connectivity index (χ2n) is 3.67. The van der Waals surface area contributed by atoms with Crippen LogP contribution in [-0.4, -0.2) is 14.4 Å². The van der Waals surface area contributed by atoms with E-state index in [9.17, 15) is 4.91 Å². The van der Waals surface area contributed by atoms with Gasteiger partial charge in [-0.2, -0.15) is 0 Å². The maximum absolute atomic E-state index is 11.0. The SMILES string of the molecule is O=Nc1c(-c2ccc(Cl)cc2)nc2ncccn12. The fourth-order valence-electron chi connectivity index (χ4n) is 1.76. The van der Waals surface area contributed by atoms with Gasteiger partial charge in [0.2, 0.25) is 11.6 Å². The summed E-state index contributed by atoms with van der Waals surface area (Å²) in [7, 11) is 0. The predicted molar refractivity (Wildman–Crippen MR) is 68.9 cm³/mol. The number of nitrogens with zero attached hydrogens (tertiary/aromatic N) is 4. The van der Waals surface area contributed by atoms with Crippen molar-refractivity contribution >= 4 is 23.2 Å². The van der Waals surface area contributed by atoms with Crippen molar-refractivity contribution in [1.29, 1.82) is 0 Å². The van der Waals surface area contributed by atoms with Crippen molar-refractivity contribution in [3.8, 4) is 11.3 Å². The number of hydrogen-bond acceptors (Lipinski definition) is 4. The van der Waals surface area contributed by atoms with E-state index in [1.54, 1.807) is 47.1 Å². The van der Waals surface area contributed by atoms with E-state index in [0.29, 0.717) is 16.5 Å². The molecule has 0 aliphatic carbocycles. The summed E-state index contributed by atoms with van der Waals surface area (Å²) in [4.78, 5) is 19.4. The van der Waals surface area contributed by atoms with Crippen LogP contribution in [0.5, 0.6) is 0 Å². The lowest BCUT2D eigenvalue weighted by Gasteiger charge is -1.97. The van der Waals surface area contributed by atoms with E-state index in [0.717, 1.165) is 5.56 Å². The van der Waals surface area contributed by atoms with Crippen molar-refractivity contribution in [3.63, 3.8) is 0 Å². The van der Waals surface area contributed by atoms with Gasteiger partial charge in [-0.25, -0.2) is 9.97 Å². The number of nitroso groups, excluding NO2 is 1. The molecule has 3 aromatic rings. The van der Waals surface area contributed by atoms with E-state index < -0.39 is 0 Å². The number of halogens is 1. The lowest BCUT2D eigenvalue weighted by atomic mass is 10.1. The van der Waals surface area contributed by atoms with Gasteiger partial charge in [0.05, 0.1) is 0 Å². The highest BCUT2D eigenvalue weighted by Crippen LogP contribution is 2.30. The molecule has 0 spiro atoms. The molecule has 1 aromatic carbocycles. The number of imidazole rings is 1. The van der Waals surface area contributed by atoms with E-state index >= 15 is 0 Å². The Kier molecular flexibility index (Phi) is 2.53. The number of hydrogen-bond donors (Lipinski definition) is 0. The first-order chi connectivity index (χ1) is 8.79. The molecule has 18 heavy (non-hydrogen) atoms. The van der Waals surface area contributed by atoms with Gasteiger partial charge in [0.25, 0.3) is 0 Å². The van der Waals surface area contributed by atoms with Gasteiger partial charge >= 0.3 is 0 Å². The number of aromatic nitrogens is 3. The van der Waals surface area contributed by atoms with Crippen LogP contribution < -0.4 is 0 Å². The zero-order valence-electron chi connectivity index (χ0n) is 9.12. The average Bonchev–Trinajstić information content (AvgIpc) is 2.78. The molecule has 0 aliphatic rings. The van der Waals surface area contributed by atoms with E-state index in [1.165, 1.54) is 0 Å². The minimum Gasteiger partial charge on any atom is -0.265 e. The summed E-state index contributed by atoms with van der Waals surface area (Å²) in [6.07, 6.45) is 3.31. The van der Waals surface area contributed by atoms with Crippen LogP contribution in [0.2, 0.25) is 5.02 Å². The lowest BCUT2D eigenvalue weighted by Crippen LogP contribution is -1.84. The number of rotatable bonds is 2. The summed E-state index contributed by atoms with van der Waals surface area (Å²) in [5, 5.41) is 3.66. The molecule has 0 radical (unpaired) electrons. The Hall–Kier alpha value is -2.27. The molecule has 0 amide bonds. The molecule has 2 heterocycles. The summed E-state index contributed by atoms with van der Waals surface area (Å²) in [6, 6.07) is 8.78. The summed E-state index contributed by atoms with van der Waals surface area (Å²) >= 11 is 5.83. The molecule has 5 nitrogen and oxygen atoms in total. The normalized spacial score (nSPS) is 10.7. The largest absolute Gasteiger partial charge is 0.265 e. The molecule has 0 N–H and O–H groups in total. The first-order valence-electron chi connectivity index (χ1n) is 5.22. The van der Waals surface area contributed by atoms with Crippen LogP contribution >= 0.6 is 11.6 Å². The molecule has 6 heteroatoms. The summed E-state index contributed by atoms with van der Waals surface area (Å²) < 4.78 is 1.55. The fraction of sp³-hybridized carbons (Fsp3) is 0. The zero-order valence-corrected chi connectivity index (χ0v) is 9.87.